The van der Waals surface area contributed by atoms with Crippen molar-refractivity contribution in [2.75, 3.05) is 27.2 Å². The topological polar surface area (TPSA) is 53.5 Å². The summed E-state index contributed by atoms with van der Waals surface area (Å²) in [5.74, 6) is -1.50. The maximum Gasteiger partial charge on any atom is 0.406 e. The molecule has 0 spiro atoms. The normalized spacial score (nSPS) is 11.2. The number of hydrogen-bond donors (Lipinski definition) is 0. The van der Waals surface area contributed by atoms with Gasteiger partial charge in [-0.15, -0.1) is 11.3 Å². The number of alkyl halides is 3. The van der Waals surface area contributed by atoms with Crippen LogP contribution in [0.4, 0.5) is 13.2 Å². The number of nitrogens with zero attached hydrogens (tertiary/aromatic N) is 3. The van der Waals surface area contributed by atoms with E-state index in [4.69, 9.17) is 0 Å². The first-order chi connectivity index (χ1) is 8.70. The molecule has 0 saturated carbocycles. The standard InChI is InChI=1S/C10H12F3N3O2S/c1-15(2)8(17)3-16(5-10(11,12)13)9(18)7-4-19-6-14-7/h4,6H,3,5H2,1-2H3. The van der Waals surface area contributed by atoms with Gasteiger partial charge in [-0.3, -0.25) is 9.59 Å². The molecular weight excluding hydrogens is 283 g/mol. The number of thiazole rings is 1. The van der Waals surface area contributed by atoms with Crippen molar-refractivity contribution in [1.82, 2.24) is 14.8 Å². The summed E-state index contributed by atoms with van der Waals surface area (Å²) in [7, 11) is 2.81. The molecule has 1 heterocycles. The number of halogens is 3. The Kier molecular flexibility index (Phi) is 4.87. The molecule has 19 heavy (non-hydrogen) atoms. The highest BCUT2D eigenvalue weighted by atomic mass is 32.1. The van der Waals surface area contributed by atoms with E-state index in [9.17, 15) is 22.8 Å². The lowest BCUT2D eigenvalue weighted by Gasteiger charge is -2.24. The first kappa shape index (κ1) is 15.4. The van der Waals surface area contributed by atoms with Crippen LogP contribution in [0.1, 0.15) is 10.5 Å². The SMILES string of the molecule is CN(C)C(=O)CN(CC(F)(F)F)C(=O)c1cscn1. The molecule has 0 aliphatic carbocycles. The number of carbonyl (C=O) groups excluding carboxylic acids is 2. The second-order valence-electron chi connectivity index (χ2n) is 3.94. The van der Waals surface area contributed by atoms with Crippen LogP contribution in [0.15, 0.2) is 10.9 Å². The number of carbonyl (C=O) groups is 2. The van der Waals surface area contributed by atoms with E-state index in [0.29, 0.717) is 4.90 Å². The fourth-order valence-electron chi connectivity index (χ4n) is 1.20. The molecule has 1 aromatic heterocycles. The van der Waals surface area contributed by atoms with Crippen LogP contribution in [0.2, 0.25) is 0 Å². The van der Waals surface area contributed by atoms with Gasteiger partial charge in [-0.25, -0.2) is 4.98 Å². The van der Waals surface area contributed by atoms with Crippen LogP contribution in [0.3, 0.4) is 0 Å². The summed E-state index contributed by atoms with van der Waals surface area (Å²) in [5, 5.41) is 1.34. The number of rotatable bonds is 4. The Bertz CT molecular complexity index is 445. The van der Waals surface area contributed by atoms with E-state index in [1.54, 1.807) is 0 Å². The predicted octanol–water partition coefficient (Wildman–Crippen LogP) is 1.24. The van der Waals surface area contributed by atoms with Crippen LogP contribution in [0.25, 0.3) is 0 Å². The van der Waals surface area contributed by atoms with Crippen LogP contribution in [0.5, 0.6) is 0 Å². The van der Waals surface area contributed by atoms with Gasteiger partial charge >= 0.3 is 6.18 Å². The summed E-state index contributed by atoms with van der Waals surface area (Å²) in [4.78, 5) is 28.5. The van der Waals surface area contributed by atoms with E-state index in [0.717, 1.165) is 16.2 Å². The summed E-state index contributed by atoms with van der Waals surface area (Å²) >= 11 is 1.09. The van der Waals surface area contributed by atoms with E-state index >= 15 is 0 Å². The smallest absolute Gasteiger partial charge is 0.347 e. The van der Waals surface area contributed by atoms with Gasteiger partial charge in [0.2, 0.25) is 5.91 Å². The first-order valence-corrected chi connectivity index (χ1v) is 6.09. The molecule has 0 atom stereocenters. The third-order valence-corrected chi connectivity index (χ3v) is 2.72. The number of likely N-dealkylation sites (N-methyl/N-ethyl adjacent to an activating group) is 1. The lowest BCUT2D eigenvalue weighted by Crippen LogP contribution is -2.44. The third-order valence-electron chi connectivity index (χ3n) is 2.13. The van der Waals surface area contributed by atoms with Crippen molar-refractivity contribution in [1.29, 1.82) is 0 Å². The largest absolute Gasteiger partial charge is 0.406 e. The van der Waals surface area contributed by atoms with E-state index in [-0.39, 0.29) is 5.69 Å². The molecule has 0 radical (unpaired) electrons. The minimum absolute atomic E-state index is 0.0965. The van der Waals surface area contributed by atoms with Gasteiger partial charge in [-0.05, 0) is 0 Å². The van der Waals surface area contributed by atoms with E-state index in [1.807, 2.05) is 0 Å². The Hall–Kier alpha value is -1.64. The van der Waals surface area contributed by atoms with Gasteiger partial charge in [0.05, 0.1) is 5.51 Å². The zero-order valence-electron chi connectivity index (χ0n) is 10.3. The van der Waals surface area contributed by atoms with Crippen molar-refractivity contribution >= 4 is 23.2 Å². The average Bonchev–Trinajstić information content (AvgIpc) is 2.78. The molecular formula is C10H12F3N3O2S. The number of hydrogen-bond acceptors (Lipinski definition) is 4. The zero-order chi connectivity index (χ0) is 14.6. The molecule has 0 N–H and O–H groups in total. The van der Waals surface area contributed by atoms with Crippen molar-refractivity contribution in [2.24, 2.45) is 0 Å². The van der Waals surface area contributed by atoms with Crippen LogP contribution in [-0.4, -0.2) is 60.0 Å². The van der Waals surface area contributed by atoms with Crippen molar-refractivity contribution in [3.05, 3.63) is 16.6 Å². The van der Waals surface area contributed by atoms with Crippen LogP contribution in [-0.2, 0) is 4.79 Å². The molecule has 0 bridgehead atoms. The molecule has 0 aliphatic rings. The lowest BCUT2D eigenvalue weighted by atomic mass is 10.3. The van der Waals surface area contributed by atoms with Crippen LogP contribution < -0.4 is 0 Å². The van der Waals surface area contributed by atoms with Crippen LogP contribution >= 0.6 is 11.3 Å². The van der Waals surface area contributed by atoms with Gasteiger partial charge in [-0.1, -0.05) is 0 Å². The van der Waals surface area contributed by atoms with Gasteiger partial charge in [0.25, 0.3) is 5.91 Å². The van der Waals surface area contributed by atoms with Gasteiger partial charge in [0, 0.05) is 19.5 Å². The first-order valence-electron chi connectivity index (χ1n) is 5.15. The summed E-state index contributed by atoms with van der Waals surface area (Å²) in [6, 6.07) is 0. The molecule has 1 aromatic rings. The Labute approximate surface area is 111 Å². The van der Waals surface area contributed by atoms with E-state index in [1.165, 1.54) is 25.0 Å². The highest BCUT2D eigenvalue weighted by molar-refractivity contribution is 7.07. The molecule has 0 unspecified atom stereocenters. The second kappa shape index (κ2) is 6.00. The molecule has 0 saturated heterocycles. The Morgan fingerprint density at radius 2 is 2.00 bits per heavy atom. The van der Waals surface area contributed by atoms with Gasteiger partial charge < -0.3 is 9.80 Å². The highest BCUT2D eigenvalue weighted by Gasteiger charge is 2.35. The number of aromatic nitrogens is 1. The lowest BCUT2D eigenvalue weighted by molar-refractivity contribution is -0.146. The summed E-state index contributed by atoms with van der Waals surface area (Å²) in [5.41, 5.74) is 1.24. The van der Waals surface area contributed by atoms with Gasteiger partial charge in [0.15, 0.2) is 0 Å². The van der Waals surface area contributed by atoms with E-state index in [2.05, 4.69) is 4.98 Å². The minimum Gasteiger partial charge on any atom is -0.347 e. The Morgan fingerprint density at radius 1 is 1.37 bits per heavy atom. The van der Waals surface area contributed by atoms with Gasteiger partial charge in [-0.2, -0.15) is 13.2 Å². The summed E-state index contributed by atoms with van der Waals surface area (Å²) in [6.45, 7) is -2.12. The summed E-state index contributed by atoms with van der Waals surface area (Å²) < 4.78 is 37.3. The molecule has 106 valence electrons. The minimum atomic E-state index is -4.57. The predicted molar refractivity (Wildman–Crippen MR) is 62.8 cm³/mol. The highest BCUT2D eigenvalue weighted by Crippen LogP contribution is 2.18. The monoisotopic (exact) mass is 295 g/mol. The average molecular weight is 295 g/mol. The molecule has 5 nitrogen and oxygen atoms in total. The molecule has 9 heteroatoms. The van der Waals surface area contributed by atoms with Crippen LogP contribution in [0, 0.1) is 0 Å². The van der Waals surface area contributed by atoms with Gasteiger partial charge in [0.1, 0.15) is 18.8 Å². The maximum atomic E-state index is 12.4. The van der Waals surface area contributed by atoms with Crippen molar-refractivity contribution < 1.29 is 22.8 Å². The Morgan fingerprint density at radius 3 is 2.42 bits per heavy atom. The Balaban J connectivity index is 2.86. The van der Waals surface area contributed by atoms with Crippen molar-refractivity contribution in [3.8, 4) is 0 Å². The van der Waals surface area contributed by atoms with Crippen molar-refractivity contribution in [2.45, 2.75) is 6.18 Å². The zero-order valence-corrected chi connectivity index (χ0v) is 11.1. The molecule has 0 fully saturated rings. The molecule has 2 amide bonds. The molecule has 0 aliphatic heterocycles. The molecule has 1 rings (SSSR count). The quantitative estimate of drug-likeness (QED) is 0.839. The number of amides is 2. The fraction of sp³-hybridized carbons (Fsp3) is 0.500. The third kappa shape index (κ3) is 4.86. The molecule has 0 aromatic carbocycles. The second-order valence-corrected chi connectivity index (χ2v) is 4.66. The van der Waals surface area contributed by atoms with E-state index < -0.39 is 31.1 Å². The van der Waals surface area contributed by atoms with Crippen molar-refractivity contribution in [3.63, 3.8) is 0 Å². The fourth-order valence-corrected chi connectivity index (χ4v) is 1.73. The maximum absolute atomic E-state index is 12.4. The summed E-state index contributed by atoms with van der Waals surface area (Å²) in [6.07, 6.45) is -4.57.